The molecule has 0 radical (unpaired) electrons. The van der Waals surface area contributed by atoms with Crippen LogP contribution in [0.15, 0.2) is 17.6 Å². The van der Waals surface area contributed by atoms with E-state index in [0.717, 1.165) is 35.5 Å². The summed E-state index contributed by atoms with van der Waals surface area (Å²) in [4.78, 5) is 4.20. The van der Waals surface area contributed by atoms with Gasteiger partial charge in [0, 0.05) is 31.7 Å². The summed E-state index contributed by atoms with van der Waals surface area (Å²) in [5.74, 6) is 2.89. The van der Waals surface area contributed by atoms with Gasteiger partial charge in [0.1, 0.15) is 11.6 Å². The van der Waals surface area contributed by atoms with E-state index in [-0.39, 0.29) is 0 Å². The van der Waals surface area contributed by atoms with E-state index in [1.54, 1.807) is 11.8 Å². The third-order valence-corrected chi connectivity index (χ3v) is 3.91. The highest BCUT2D eigenvalue weighted by atomic mass is 32.2. The highest BCUT2D eigenvalue weighted by molar-refractivity contribution is 7.99. The van der Waals surface area contributed by atoms with Crippen LogP contribution in [-0.4, -0.2) is 30.1 Å². The molecule has 7 heteroatoms. The molecule has 98 valence electrons. The van der Waals surface area contributed by atoms with E-state index in [1.807, 2.05) is 30.9 Å². The second-order valence-corrected chi connectivity index (χ2v) is 5.09. The Hall–Kier alpha value is -1.34. The van der Waals surface area contributed by atoms with E-state index in [1.165, 1.54) is 0 Å². The van der Waals surface area contributed by atoms with Crippen LogP contribution in [0.4, 0.5) is 0 Å². The van der Waals surface area contributed by atoms with E-state index in [4.69, 9.17) is 5.73 Å². The first-order valence-corrected chi connectivity index (χ1v) is 6.90. The molecule has 2 aromatic heterocycles. The van der Waals surface area contributed by atoms with Crippen LogP contribution in [0.3, 0.4) is 0 Å². The largest absolute Gasteiger partial charge is 0.335 e. The van der Waals surface area contributed by atoms with Gasteiger partial charge in [-0.05, 0) is 13.3 Å². The van der Waals surface area contributed by atoms with Crippen molar-refractivity contribution in [2.24, 2.45) is 12.8 Å². The number of hydrogen-bond acceptors (Lipinski definition) is 5. The van der Waals surface area contributed by atoms with Gasteiger partial charge in [0.05, 0.1) is 6.54 Å². The first-order valence-electron chi connectivity index (χ1n) is 5.91. The summed E-state index contributed by atoms with van der Waals surface area (Å²) >= 11 is 1.71. The summed E-state index contributed by atoms with van der Waals surface area (Å²) < 4.78 is 4.11. The fraction of sp³-hybridized carbons (Fsp3) is 0.545. The zero-order valence-corrected chi connectivity index (χ0v) is 11.5. The number of imidazole rings is 1. The van der Waals surface area contributed by atoms with Gasteiger partial charge in [-0.25, -0.2) is 4.98 Å². The monoisotopic (exact) mass is 266 g/mol. The number of aryl methyl sites for hydroxylation is 2. The van der Waals surface area contributed by atoms with Gasteiger partial charge < -0.3 is 14.9 Å². The van der Waals surface area contributed by atoms with Gasteiger partial charge in [-0.3, -0.25) is 0 Å². The number of thioether (sulfide) groups is 1. The highest BCUT2D eigenvalue weighted by Gasteiger charge is 2.07. The van der Waals surface area contributed by atoms with E-state index >= 15 is 0 Å². The van der Waals surface area contributed by atoms with Crippen molar-refractivity contribution in [1.29, 1.82) is 0 Å². The number of hydrogen-bond donors (Lipinski definition) is 1. The van der Waals surface area contributed by atoms with Gasteiger partial charge in [-0.15, -0.1) is 10.2 Å². The zero-order valence-electron chi connectivity index (χ0n) is 10.7. The first kappa shape index (κ1) is 13.1. The van der Waals surface area contributed by atoms with Crippen molar-refractivity contribution in [2.45, 2.75) is 31.6 Å². The van der Waals surface area contributed by atoms with Gasteiger partial charge in [-0.2, -0.15) is 0 Å². The lowest BCUT2D eigenvalue weighted by atomic mass is 10.4. The minimum Gasteiger partial charge on any atom is -0.335 e. The SMILES string of the molecule is Cc1nccn1CCCSc1nnc(CN)n1C. The van der Waals surface area contributed by atoms with Crippen molar-refractivity contribution in [3.05, 3.63) is 24.0 Å². The molecule has 6 nitrogen and oxygen atoms in total. The third kappa shape index (κ3) is 2.91. The molecule has 0 amide bonds. The molecular formula is C11H18N6S. The predicted molar refractivity (Wildman–Crippen MR) is 71.2 cm³/mol. The quantitative estimate of drug-likeness (QED) is 0.622. The van der Waals surface area contributed by atoms with Crippen molar-refractivity contribution in [2.75, 3.05) is 5.75 Å². The molecule has 2 aromatic rings. The Morgan fingerprint density at radius 2 is 2.22 bits per heavy atom. The van der Waals surface area contributed by atoms with Crippen molar-refractivity contribution >= 4 is 11.8 Å². The fourth-order valence-corrected chi connectivity index (χ4v) is 2.54. The van der Waals surface area contributed by atoms with Crippen molar-refractivity contribution in [1.82, 2.24) is 24.3 Å². The Labute approximate surface area is 111 Å². The molecule has 0 saturated carbocycles. The van der Waals surface area contributed by atoms with Gasteiger partial charge in [0.25, 0.3) is 0 Å². The highest BCUT2D eigenvalue weighted by Crippen LogP contribution is 2.16. The second-order valence-electron chi connectivity index (χ2n) is 4.03. The topological polar surface area (TPSA) is 74.6 Å². The van der Waals surface area contributed by atoms with Crippen molar-refractivity contribution in [3.8, 4) is 0 Å². The summed E-state index contributed by atoms with van der Waals surface area (Å²) in [6, 6.07) is 0. The first-order chi connectivity index (χ1) is 8.72. The summed E-state index contributed by atoms with van der Waals surface area (Å²) in [5, 5.41) is 9.07. The molecule has 0 aliphatic rings. The van der Waals surface area contributed by atoms with Crippen LogP contribution in [0.2, 0.25) is 0 Å². The average Bonchev–Trinajstić information content (AvgIpc) is 2.92. The molecule has 0 aliphatic carbocycles. The van der Waals surface area contributed by atoms with Gasteiger partial charge in [-0.1, -0.05) is 11.8 Å². The molecule has 0 bridgehead atoms. The summed E-state index contributed by atoms with van der Waals surface area (Å²) in [6.07, 6.45) is 4.92. The maximum absolute atomic E-state index is 5.56. The van der Waals surface area contributed by atoms with Crippen molar-refractivity contribution in [3.63, 3.8) is 0 Å². The Morgan fingerprint density at radius 3 is 2.83 bits per heavy atom. The Morgan fingerprint density at radius 1 is 1.39 bits per heavy atom. The third-order valence-electron chi connectivity index (χ3n) is 2.81. The molecule has 0 aromatic carbocycles. The molecule has 18 heavy (non-hydrogen) atoms. The molecule has 2 rings (SSSR count). The smallest absolute Gasteiger partial charge is 0.190 e. The number of nitrogens with two attached hydrogens (primary N) is 1. The minimum atomic E-state index is 0.429. The van der Waals surface area contributed by atoms with Crippen LogP contribution in [0.1, 0.15) is 18.1 Å². The normalized spacial score (nSPS) is 11.1. The molecule has 0 atom stereocenters. The van der Waals surface area contributed by atoms with Gasteiger partial charge in [0.2, 0.25) is 0 Å². The number of aromatic nitrogens is 5. The zero-order chi connectivity index (χ0) is 13.0. The van der Waals surface area contributed by atoms with Gasteiger partial charge >= 0.3 is 0 Å². The molecular weight excluding hydrogens is 248 g/mol. The van der Waals surface area contributed by atoms with Crippen LogP contribution >= 0.6 is 11.8 Å². The summed E-state index contributed by atoms with van der Waals surface area (Å²) in [5.41, 5.74) is 5.56. The lowest BCUT2D eigenvalue weighted by molar-refractivity contribution is 0.660. The Bertz CT molecular complexity index is 503. The van der Waals surface area contributed by atoms with E-state index in [9.17, 15) is 0 Å². The summed E-state index contributed by atoms with van der Waals surface area (Å²) in [7, 11) is 1.95. The molecule has 0 aliphatic heterocycles. The van der Waals surface area contributed by atoms with Crippen LogP contribution in [0.5, 0.6) is 0 Å². The number of nitrogens with zero attached hydrogens (tertiary/aromatic N) is 5. The van der Waals surface area contributed by atoms with Crippen LogP contribution in [0, 0.1) is 6.92 Å². The Kier molecular flexibility index (Phi) is 4.38. The fourth-order valence-electron chi connectivity index (χ4n) is 1.69. The van der Waals surface area contributed by atoms with Crippen LogP contribution < -0.4 is 5.73 Å². The standard InChI is InChI=1S/C11H18N6S/c1-9-13-4-6-17(9)5-3-7-18-11-15-14-10(8-12)16(11)2/h4,6H,3,5,7-8,12H2,1-2H3. The summed E-state index contributed by atoms with van der Waals surface area (Å²) in [6.45, 7) is 3.43. The van der Waals surface area contributed by atoms with Gasteiger partial charge in [0.15, 0.2) is 5.16 Å². The Balaban J connectivity index is 1.78. The van der Waals surface area contributed by atoms with Crippen molar-refractivity contribution < 1.29 is 0 Å². The molecule has 2 heterocycles. The minimum absolute atomic E-state index is 0.429. The molecule has 0 saturated heterocycles. The average molecular weight is 266 g/mol. The predicted octanol–water partition coefficient (Wildman–Crippen LogP) is 0.961. The van der Waals surface area contributed by atoms with E-state index in [0.29, 0.717) is 6.54 Å². The lowest BCUT2D eigenvalue weighted by Crippen LogP contribution is -2.05. The van der Waals surface area contributed by atoms with Crippen LogP contribution in [-0.2, 0) is 20.1 Å². The van der Waals surface area contributed by atoms with E-state index < -0.39 is 0 Å². The molecule has 0 fully saturated rings. The maximum atomic E-state index is 5.56. The van der Waals surface area contributed by atoms with Crippen LogP contribution in [0.25, 0.3) is 0 Å². The molecule has 0 spiro atoms. The lowest BCUT2D eigenvalue weighted by Gasteiger charge is -2.05. The second kappa shape index (κ2) is 6.01. The molecule has 0 unspecified atom stereocenters. The maximum Gasteiger partial charge on any atom is 0.190 e. The van der Waals surface area contributed by atoms with E-state index in [2.05, 4.69) is 19.7 Å². The molecule has 2 N–H and O–H groups in total. The number of rotatable bonds is 6.